The minimum Gasteiger partial charge on any atom is -0.497 e. The van der Waals surface area contributed by atoms with Gasteiger partial charge in [-0.2, -0.15) is 0 Å². The average molecular weight is 424 g/mol. The van der Waals surface area contributed by atoms with Crippen LogP contribution in [0.25, 0.3) is 0 Å². The molecule has 0 aromatic heterocycles. The van der Waals surface area contributed by atoms with Gasteiger partial charge in [0, 0.05) is 38.8 Å². The summed E-state index contributed by atoms with van der Waals surface area (Å²) in [6, 6.07) is 13.3. The van der Waals surface area contributed by atoms with Gasteiger partial charge in [-0.15, -0.1) is 0 Å². The Bertz CT molecular complexity index is 969. The minimum absolute atomic E-state index is 0.180. The van der Waals surface area contributed by atoms with Crippen molar-refractivity contribution in [1.29, 1.82) is 0 Å². The van der Waals surface area contributed by atoms with Gasteiger partial charge >= 0.3 is 0 Å². The lowest BCUT2D eigenvalue weighted by molar-refractivity contribution is -0.123. The van der Waals surface area contributed by atoms with Crippen molar-refractivity contribution >= 4 is 17.5 Å². The first-order chi connectivity index (χ1) is 15.0. The number of nitrogens with zero attached hydrogens (tertiary/aromatic N) is 3. The minimum atomic E-state index is -0.416. The third-order valence-electron chi connectivity index (χ3n) is 6.09. The lowest BCUT2D eigenvalue weighted by atomic mass is 10.1. The van der Waals surface area contributed by atoms with Crippen molar-refractivity contribution in [2.75, 3.05) is 45.3 Å². The van der Waals surface area contributed by atoms with Gasteiger partial charge in [0.05, 0.1) is 32.4 Å². The second-order valence-electron chi connectivity index (χ2n) is 8.13. The Hall–Kier alpha value is -2.90. The lowest BCUT2D eigenvalue weighted by Gasteiger charge is -2.37. The van der Waals surface area contributed by atoms with Gasteiger partial charge in [0.2, 0.25) is 5.91 Å². The average Bonchev–Trinajstić information content (AvgIpc) is 3.07. The summed E-state index contributed by atoms with van der Waals surface area (Å²) in [7, 11) is 3.09. The predicted octanol–water partition coefficient (Wildman–Crippen LogP) is 2.46. The van der Waals surface area contributed by atoms with E-state index in [1.165, 1.54) is 23.1 Å². The van der Waals surface area contributed by atoms with E-state index in [1.54, 1.807) is 25.3 Å². The Morgan fingerprint density at radius 3 is 2.42 bits per heavy atom. The number of ether oxygens (including phenoxy) is 2. The number of amides is 2. The van der Waals surface area contributed by atoms with Gasteiger partial charge < -0.3 is 9.47 Å². The van der Waals surface area contributed by atoms with Crippen molar-refractivity contribution in [1.82, 2.24) is 9.80 Å². The highest BCUT2D eigenvalue weighted by Crippen LogP contribution is 2.36. The smallest absolute Gasteiger partial charge is 0.251 e. The molecular formula is C24H29N3O4. The zero-order chi connectivity index (χ0) is 22.0. The van der Waals surface area contributed by atoms with E-state index in [0.717, 1.165) is 32.7 Å². The summed E-state index contributed by atoms with van der Waals surface area (Å²) in [5.41, 5.74) is 3.04. The van der Waals surface area contributed by atoms with Gasteiger partial charge in [-0.25, -0.2) is 4.90 Å². The molecule has 2 saturated heterocycles. The number of piperazine rings is 1. The Morgan fingerprint density at radius 2 is 1.74 bits per heavy atom. The van der Waals surface area contributed by atoms with Crippen molar-refractivity contribution in [3.8, 4) is 11.5 Å². The highest BCUT2D eigenvalue weighted by Gasteiger charge is 2.44. The summed E-state index contributed by atoms with van der Waals surface area (Å²) in [5, 5.41) is 0. The molecule has 0 spiro atoms. The molecule has 0 saturated carbocycles. The number of carbonyl (C=O) groups is 2. The molecule has 2 amide bonds. The molecule has 164 valence electrons. The lowest BCUT2D eigenvalue weighted by Crippen LogP contribution is -2.52. The van der Waals surface area contributed by atoms with Gasteiger partial charge in [-0.05, 0) is 24.6 Å². The van der Waals surface area contributed by atoms with E-state index < -0.39 is 6.04 Å². The van der Waals surface area contributed by atoms with Crippen molar-refractivity contribution in [3.63, 3.8) is 0 Å². The van der Waals surface area contributed by atoms with Gasteiger partial charge in [0.15, 0.2) is 0 Å². The largest absolute Gasteiger partial charge is 0.497 e. The molecule has 2 aliphatic rings. The Labute approximate surface area is 183 Å². The number of carbonyl (C=O) groups excluding carboxylic acids is 2. The molecule has 0 radical (unpaired) electrons. The first kappa shape index (κ1) is 21.3. The molecule has 1 atom stereocenters. The third kappa shape index (κ3) is 4.43. The molecule has 0 unspecified atom stereocenters. The highest BCUT2D eigenvalue weighted by molar-refractivity contribution is 6.23. The van der Waals surface area contributed by atoms with E-state index in [2.05, 4.69) is 41.0 Å². The van der Waals surface area contributed by atoms with Crippen LogP contribution in [-0.2, 0) is 16.1 Å². The highest BCUT2D eigenvalue weighted by atomic mass is 16.5. The first-order valence-corrected chi connectivity index (χ1v) is 10.6. The molecule has 0 bridgehead atoms. The number of benzene rings is 2. The fourth-order valence-electron chi connectivity index (χ4n) is 4.43. The summed E-state index contributed by atoms with van der Waals surface area (Å²) >= 11 is 0. The number of methoxy groups -OCH3 is 2. The first-order valence-electron chi connectivity index (χ1n) is 10.6. The topological polar surface area (TPSA) is 62.3 Å². The van der Waals surface area contributed by atoms with E-state index in [0.29, 0.717) is 17.2 Å². The standard InChI is InChI=1S/C24H29N3O4/c1-17-5-4-6-18(13-17)16-25-9-11-26(12-10-25)21-15-23(28)27(24(21)29)20-8-7-19(30-2)14-22(20)31-3/h4-8,13-14,21H,9-12,15-16H2,1-3H3/t21-/m0/s1. The summed E-state index contributed by atoms with van der Waals surface area (Å²) in [6.07, 6.45) is 0.200. The number of hydrogen-bond donors (Lipinski definition) is 0. The number of rotatable bonds is 6. The molecule has 0 N–H and O–H groups in total. The van der Waals surface area contributed by atoms with E-state index in [-0.39, 0.29) is 18.2 Å². The van der Waals surface area contributed by atoms with E-state index in [9.17, 15) is 9.59 Å². The van der Waals surface area contributed by atoms with Gasteiger partial charge in [0.1, 0.15) is 11.5 Å². The fourth-order valence-corrected chi connectivity index (χ4v) is 4.43. The SMILES string of the molecule is COc1ccc(N2C(=O)C[C@H](N3CCN(Cc4cccc(C)c4)CC3)C2=O)c(OC)c1. The molecule has 7 nitrogen and oxygen atoms in total. The summed E-state index contributed by atoms with van der Waals surface area (Å²) in [4.78, 5) is 31.8. The predicted molar refractivity (Wildman–Crippen MR) is 118 cm³/mol. The van der Waals surface area contributed by atoms with E-state index in [1.807, 2.05) is 0 Å². The zero-order valence-corrected chi connectivity index (χ0v) is 18.3. The van der Waals surface area contributed by atoms with Crippen LogP contribution in [-0.4, -0.2) is 68.1 Å². The number of imide groups is 1. The Balaban J connectivity index is 1.42. The maximum atomic E-state index is 13.2. The second-order valence-corrected chi connectivity index (χ2v) is 8.13. The maximum absolute atomic E-state index is 13.2. The molecule has 0 aliphatic carbocycles. The van der Waals surface area contributed by atoms with Crippen LogP contribution in [0.5, 0.6) is 11.5 Å². The summed E-state index contributed by atoms with van der Waals surface area (Å²) in [5.74, 6) is 0.687. The molecular weight excluding hydrogens is 394 g/mol. The van der Waals surface area contributed by atoms with Crippen LogP contribution in [0.3, 0.4) is 0 Å². The molecule has 4 rings (SSSR count). The number of aryl methyl sites for hydroxylation is 1. The monoisotopic (exact) mass is 423 g/mol. The molecule has 2 heterocycles. The van der Waals surface area contributed by atoms with E-state index >= 15 is 0 Å². The normalized spacial score (nSPS) is 20.4. The quantitative estimate of drug-likeness (QED) is 0.666. The van der Waals surface area contributed by atoms with E-state index in [4.69, 9.17) is 9.47 Å². The molecule has 31 heavy (non-hydrogen) atoms. The molecule has 2 fully saturated rings. The molecule has 2 aromatic carbocycles. The van der Waals surface area contributed by atoms with Crippen LogP contribution in [0.1, 0.15) is 17.5 Å². The fraction of sp³-hybridized carbons (Fsp3) is 0.417. The van der Waals surface area contributed by atoms with Crippen molar-refractivity contribution in [2.24, 2.45) is 0 Å². The van der Waals surface area contributed by atoms with Gasteiger partial charge in [0.25, 0.3) is 5.91 Å². The van der Waals surface area contributed by atoms with Crippen molar-refractivity contribution in [2.45, 2.75) is 25.9 Å². The van der Waals surface area contributed by atoms with Crippen LogP contribution >= 0.6 is 0 Å². The van der Waals surface area contributed by atoms with Gasteiger partial charge in [-0.3, -0.25) is 19.4 Å². The molecule has 2 aromatic rings. The Kier molecular flexibility index (Phi) is 6.25. The molecule has 7 heteroatoms. The zero-order valence-electron chi connectivity index (χ0n) is 18.3. The van der Waals surface area contributed by atoms with Crippen LogP contribution in [0.4, 0.5) is 5.69 Å². The summed E-state index contributed by atoms with van der Waals surface area (Å²) in [6.45, 7) is 6.29. The Morgan fingerprint density at radius 1 is 0.968 bits per heavy atom. The van der Waals surface area contributed by atoms with Crippen LogP contribution in [0, 0.1) is 6.92 Å². The maximum Gasteiger partial charge on any atom is 0.251 e. The van der Waals surface area contributed by atoms with Crippen LogP contribution in [0.15, 0.2) is 42.5 Å². The molecule has 2 aliphatic heterocycles. The van der Waals surface area contributed by atoms with Gasteiger partial charge in [-0.1, -0.05) is 29.8 Å². The summed E-state index contributed by atoms with van der Waals surface area (Å²) < 4.78 is 10.6. The number of anilines is 1. The van der Waals surface area contributed by atoms with Crippen LogP contribution < -0.4 is 14.4 Å². The second kappa shape index (κ2) is 9.08. The third-order valence-corrected chi connectivity index (χ3v) is 6.09. The van der Waals surface area contributed by atoms with Crippen molar-refractivity contribution < 1.29 is 19.1 Å². The van der Waals surface area contributed by atoms with Crippen LogP contribution in [0.2, 0.25) is 0 Å². The number of hydrogen-bond acceptors (Lipinski definition) is 6. The van der Waals surface area contributed by atoms with Crippen molar-refractivity contribution in [3.05, 3.63) is 53.6 Å².